The molecule has 0 atom stereocenters. The fraction of sp³-hybridized carbons (Fsp3) is 0.286. The quantitative estimate of drug-likeness (QED) is 0.741. The summed E-state index contributed by atoms with van der Waals surface area (Å²) in [7, 11) is 0. The molecule has 1 aromatic heterocycles. The molecule has 25 heavy (non-hydrogen) atoms. The van der Waals surface area contributed by atoms with Crippen molar-refractivity contribution >= 4 is 11.4 Å². The normalized spacial score (nSPS) is 16.2. The van der Waals surface area contributed by atoms with Crippen LogP contribution < -0.4 is 10.6 Å². The molecule has 0 amide bonds. The van der Waals surface area contributed by atoms with Gasteiger partial charge in [-0.05, 0) is 30.5 Å². The number of fused-ring (bicyclic) bond motifs is 2. The van der Waals surface area contributed by atoms with Crippen molar-refractivity contribution in [2.45, 2.75) is 25.3 Å². The molecule has 126 valence electrons. The summed E-state index contributed by atoms with van der Waals surface area (Å²) in [6.07, 6.45) is 2.46. The van der Waals surface area contributed by atoms with Crippen LogP contribution in [-0.2, 0) is 6.54 Å². The molecule has 3 aromatic rings. The Morgan fingerprint density at radius 2 is 1.80 bits per heavy atom. The molecule has 4 heterocycles. The summed E-state index contributed by atoms with van der Waals surface area (Å²) in [6.45, 7) is 3.08. The SMILES string of the molecule is Nc1cccc(-c2c3c(nn2Cc2ccccc2)C2CCN3CC2)c1. The highest BCUT2D eigenvalue weighted by Crippen LogP contribution is 2.47. The van der Waals surface area contributed by atoms with Gasteiger partial charge in [0.15, 0.2) is 0 Å². The number of benzene rings is 2. The van der Waals surface area contributed by atoms with Crippen molar-refractivity contribution < 1.29 is 0 Å². The first-order valence-corrected chi connectivity index (χ1v) is 9.05. The Morgan fingerprint density at radius 3 is 2.56 bits per heavy atom. The number of rotatable bonds is 3. The second-order valence-electron chi connectivity index (χ2n) is 7.11. The Bertz CT molecular complexity index is 905. The average Bonchev–Trinajstić information content (AvgIpc) is 3.04. The van der Waals surface area contributed by atoms with Gasteiger partial charge in [-0.3, -0.25) is 4.68 Å². The van der Waals surface area contributed by atoms with Gasteiger partial charge in [-0.15, -0.1) is 0 Å². The van der Waals surface area contributed by atoms with Crippen molar-refractivity contribution in [3.05, 3.63) is 65.9 Å². The van der Waals surface area contributed by atoms with Gasteiger partial charge in [0.1, 0.15) is 0 Å². The molecule has 0 aliphatic carbocycles. The lowest BCUT2D eigenvalue weighted by Gasteiger charge is -2.39. The molecule has 0 saturated carbocycles. The van der Waals surface area contributed by atoms with Crippen molar-refractivity contribution in [3.63, 3.8) is 0 Å². The molecule has 2 N–H and O–H groups in total. The van der Waals surface area contributed by atoms with Gasteiger partial charge in [0.05, 0.1) is 23.6 Å². The van der Waals surface area contributed by atoms with E-state index in [1.54, 1.807) is 0 Å². The van der Waals surface area contributed by atoms with E-state index >= 15 is 0 Å². The maximum Gasteiger partial charge on any atom is 0.0924 e. The van der Waals surface area contributed by atoms with Crippen LogP contribution in [0.15, 0.2) is 54.6 Å². The van der Waals surface area contributed by atoms with E-state index in [-0.39, 0.29) is 0 Å². The molecule has 4 nitrogen and oxygen atoms in total. The molecule has 2 bridgehead atoms. The topological polar surface area (TPSA) is 47.1 Å². The standard InChI is InChI=1S/C21H22N4/c22-18-8-4-7-17(13-18)20-21-19(16-9-11-24(21)12-10-16)23-25(20)14-15-5-2-1-3-6-15/h1-8,13,16H,9-12,14,22H2. The van der Waals surface area contributed by atoms with E-state index < -0.39 is 0 Å². The zero-order chi connectivity index (χ0) is 16.8. The Hall–Kier alpha value is -2.75. The van der Waals surface area contributed by atoms with Crippen molar-refractivity contribution in [3.8, 4) is 11.3 Å². The molecule has 3 aliphatic rings. The largest absolute Gasteiger partial charge is 0.399 e. The molecule has 1 fully saturated rings. The van der Waals surface area contributed by atoms with Gasteiger partial charge in [-0.2, -0.15) is 5.10 Å². The summed E-state index contributed by atoms with van der Waals surface area (Å²) in [5.41, 5.74) is 13.2. The second kappa shape index (κ2) is 5.66. The summed E-state index contributed by atoms with van der Waals surface area (Å²) in [5, 5.41) is 5.07. The van der Waals surface area contributed by atoms with E-state index in [4.69, 9.17) is 10.8 Å². The van der Waals surface area contributed by atoms with Gasteiger partial charge in [0.2, 0.25) is 0 Å². The highest BCUT2D eigenvalue weighted by molar-refractivity contribution is 5.81. The summed E-state index contributed by atoms with van der Waals surface area (Å²) in [6, 6.07) is 18.8. The molecule has 2 aromatic carbocycles. The van der Waals surface area contributed by atoms with E-state index in [0.717, 1.165) is 30.9 Å². The highest BCUT2D eigenvalue weighted by Gasteiger charge is 2.37. The van der Waals surface area contributed by atoms with Gasteiger partial charge in [0, 0.05) is 30.3 Å². The molecular weight excluding hydrogens is 308 g/mol. The van der Waals surface area contributed by atoms with Gasteiger partial charge >= 0.3 is 0 Å². The number of anilines is 2. The zero-order valence-corrected chi connectivity index (χ0v) is 14.2. The molecular formula is C21H22N4. The predicted molar refractivity (Wildman–Crippen MR) is 102 cm³/mol. The third-order valence-electron chi connectivity index (χ3n) is 5.49. The number of piperidine rings is 1. The van der Waals surface area contributed by atoms with Crippen molar-refractivity contribution in [1.82, 2.24) is 9.78 Å². The molecule has 1 saturated heterocycles. The van der Waals surface area contributed by atoms with Crippen LogP contribution in [-0.4, -0.2) is 22.9 Å². The van der Waals surface area contributed by atoms with Gasteiger partial charge in [-0.1, -0.05) is 42.5 Å². The van der Waals surface area contributed by atoms with Gasteiger partial charge < -0.3 is 10.6 Å². The number of hydrogen-bond acceptors (Lipinski definition) is 3. The third-order valence-corrected chi connectivity index (χ3v) is 5.49. The number of hydrogen-bond donors (Lipinski definition) is 1. The van der Waals surface area contributed by atoms with Crippen LogP contribution in [0.3, 0.4) is 0 Å². The first-order chi connectivity index (χ1) is 12.3. The lowest BCUT2D eigenvalue weighted by molar-refractivity contribution is 0.463. The molecule has 0 unspecified atom stereocenters. The molecule has 3 aliphatic heterocycles. The Labute approximate surface area is 147 Å². The highest BCUT2D eigenvalue weighted by atomic mass is 15.3. The monoisotopic (exact) mass is 330 g/mol. The first-order valence-electron chi connectivity index (χ1n) is 9.05. The van der Waals surface area contributed by atoms with Crippen LogP contribution >= 0.6 is 0 Å². The number of nitrogens with zero attached hydrogens (tertiary/aromatic N) is 3. The molecule has 0 radical (unpaired) electrons. The van der Waals surface area contributed by atoms with Crippen molar-refractivity contribution in [2.75, 3.05) is 23.7 Å². The Morgan fingerprint density at radius 1 is 1.00 bits per heavy atom. The molecule has 6 rings (SSSR count). The zero-order valence-electron chi connectivity index (χ0n) is 14.2. The van der Waals surface area contributed by atoms with E-state index in [1.807, 2.05) is 12.1 Å². The second-order valence-corrected chi connectivity index (χ2v) is 7.11. The summed E-state index contributed by atoms with van der Waals surface area (Å²) in [4.78, 5) is 2.52. The van der Waals surface area contributed by atoms with E-state index in [0.29, 0.717) is 5.92 Å². The molecule has 4 heteroatoms. The predicted octanol–water partition coefficient (Wildman–Crippen LogP) is 3.88. The third kappa shape index (κ3) is 2.40. The molecule has 0 spiro atoms. The number of nitrogens with two attached hydrogens (primary N) is 1. The summed E-state index contributed by atoms with van der Waals surface area (Å²) in [5.74, 6) is 0.608. The fourth-order valence-corrected chi connectivity index (χ4v) is 4.28. The summed E-state index contributed by atoms with van der Waals surface area (Å²) < 4.78 is 2.19. The summed E-state index contributed by atoms with van der Waals surface area (Å²) >= 11 is 0. The van der Waals surface area contributed by atoms with Crippen LogP contribution in [0.5, 0.6) is 0 Å². The van der Waals surface area contributed by atoms with Crippen LogP contribution in [0.2, 0.25) is 0 Å². The minimum atomic E-state index is 0.608. The van der Waals surface area contributed by atoms with Crippen molar-refractivity contribution in [1.29, 1.82) is 0 Å². The Balaban J connectivity index is 1.69. The van der Waals surface area contributed by atoms with E-state index in [2.05, 4.69) is 52.0 Å². The lowest BCUT2D eigenvalue weighted by atomic mass is 9.86. The maximum absolute atomic E-state index is 6.08. The van der Waals surface area contributed by atoms with Crippen LogP contribution in [0.25, 0.3) is 11.3 Å². The van der Waals surface area contributed by atoms with Gasteiger partial charge in [-0.25, -0.2) is 0 Å². The smallest absolute Gasteiger partial charge is 0.0924 e. The van der Waals surface area contributed by atoms with Crippen molar-refractivity contribution in [2.24, 2.45) is 0 Å². The van der Waals surface area contributed by atoms with E-state index in [1.165, 1.54) is 35.5 Å². The van der Waals surface area contributed by atoms with Crippen LogP contribution in [0.1, 0.15) is 30.0 Å². The minimum Gasteiger partial charge on any atom is -0.399 e. The van der Waals surface area contributed by atoms with E-state index in [9.17, 15) is 0 Å². The lowest BCUT2D eigenvalue weighted by Crippen LogP contribution is -2.38. The first kappa shape index (κ1) is 14.6. The minimum absolute atomic E-state index is 0.608. The average molecular weight is 330 g/mol. The number of nitrogen functional groups attached to an aromatic ring is 1. The van der Waals surface area contributed by atoms with Crippen LogP contribution in [0.4, 0.5) is 11.4 Å². The fourth-order valence-electron chi connectivity index (χ4n) is 4.28. The van der Waals surface area contributed by atoms with Gasteiger partial charge in [0.25, 0.3) is 0 Å². The van der Waals surface area contributed by atoms with Crippen LogP contribution in [0, 0.1) is 0 Å². The Kier molecular flexibility index (Phi) is 3.30. The number of aromatic nitrogens is 2. The maximum atomic E-state index is 6.08.